The fraction of sp³-hybridized carbons (Fsp3) is 0.318. The number of rotatable bonds is 8. The number of nitrogens with one attached hydrogen (secondary N) is 3. The molecule has 0 saturated carbocycles. The molecule has 0 bridgehead atoms. The van der Waals surface area contributed by atoms with Crippen molar-refractivity contribution in [2.45, 2.75) is 25.2 Å². The van der Waals surface area contributed by atoms with Gasteiger partial charge in [0.05, 0.1) is 17.2 Å². The van der Waals surface area contributed by atoms with Crippen molar-refractivity contribution in [3.05, 3.63) is 65.9 Å². The lowest BCUT2D eigenvalue weighted by Gasteiger charge is -2.11. The zero-order valence-electron chi connectivity index (χ0n) is 17.3. The van der Waals surface area contributed by atoms with E-state index in [1.165, 1.54) is 16.5 Å². The van der Waals surface area contributed by atoms with Crippen LogP contribution in [0.25, 0.3) is 10.9 Å². The summed E-state index contributed by atoms with van der Waals surface area (Å²) in [4.78, 5) is 8.08. The Labute approximate surface area is 195 Å². The highest BCUT2D eigenvalue weighted by molar-refractivity contribution is 14.0. The standard InChI is InChI=1S/C22H28N4O2S.HI/c1-3-23-22(25-13-14-29(27,28)19-7-5-4-6-8-19)24-12-11-18-16-26-21-15-17(2)9-10-20(18)21;/h4-10,15-16,26H,3,11-14H2,1-2H3,(H2,23,24,25);1H. The predicted molar refractivity (Wildman–Crippen MR) is 135 cm³/mol. The smallest absolute Gasteiger partial charge is 0.191 e. The lowest BCUT2D eigenvalue weighted by atomic mass is 10.1. The van der Waals surface area contributed by atoms with Crippen molar-refractivity contribution in [1.82, 2.24) is 15.6 Å². The Bertz CT molecular complexity index is 1080. The number of guanidine groups is 1. The topological polar surface area (TPSA) is 86.3 Å². The second-order valence-corrected chi connectivity index (χ2v) is 9.04. The molecule has 162 valence electrons. The molecule has 0 spiro atoms. The summed E-state index contributed by atoms with van der Waals surface area (Å²) < 4.78 is 24.8. The van der Waals surface area contributed by atoms with Gasteiger partial charge in [-0.05, 0) is 49.6 Å². The van der Waals surface area contributed by atoms with E-state index in [0.29, 0.717) is 23.9 Å². The second kappa shape index (κ2) is 11.4. The number of halogens is 1. The Morgan fingerprint density at radius 2 is 1.87 bits per heavy atom. The van der Waals surface area contributed by atoms with Crippen molar-refractivity contribution in [2.24, 2.45) is 4.99 Å². The molecule has 30 heavy (non-hydrogen) atoms. The Balaban J connectivity index is 0.00000320. The third-order valence-electron chi connectivity index (χ3n) is 4.69. The summed E-state index contributed by atoms with van der Waals surface area (Å²) >= 11 is 0. The van der Waals surface area contributed by atoms with Crippen molar-refractivity contribution in [1.29, 1.82) is 0 Å². The number of H-pyrrole nitrogens is 1. The molecule has 8 heteroatoms. The van der Waals surface area contributed by atoms with Gasteiger partial charge in [0.25, 0.3) is 0 Å². The zero-order chi connectivity index (χ0) is 20.7. The molecule has 1 aromatic heterocycles. The summed E-state index contributed by atoms with van der Waals surface area (Å²) in [5, 5.41) is 7.69. The van der Waals surface area contributed by atoms with Crippen LogP contribution < -0.4 is 10.6 Å². The highest BCUT2D eigenvalue weighted by Gasteiger charge is 2.13. The van der Waals surface area contributed by atoms with Gasteiger partial charge in [0.2, 0.25) is 0 Å². The highest BCUT2D eigenvalue weighted by Crippen LogP contribution is 2.19. The third kappa shape index (κ3) is 6.46. The lowest BCUT2D eigenvalue weighted by molar-refractivity contribution is 0.596. The normalized spacial score (nSPS) is 11.9. The molecular weight excluding hydrogens is 511 g/mol. The van der Waals surface area contributed by atoms with Crippen LogP contribution in [0.3, 0.4) is 0 Å². The summed E-state index contributed by atoms with van der Waals surface area (Å²) in [7, 11) is -3.32. The third-order valence-corrected chi connectivity index (χ3v) is 6.40. The molecule has 0 fully saturated rings. The van der Waals surface area contributed by atoms with E-state index >= 15 is 0 Å². The summed E-state index contributed by atoms with van der Waals surface area (Å²) in [5.74, 6) is 0.613. The minimum absolute atomic E-state index is 0. The highest BCUT2D eigenvalue weighted by atomic mass is 127. The van der Waals surface area contributed by atoms with Crippen molar-refractivity contribution in [3.63, 3.8) is 0 Å². The van der Waals surface area contributed by atoms with Crippen LogP contribution in [0.5, 0.6) is 0 Å². The van der Waals surface area contributed by atoms with Gasteiger partial charge < -0.3 is 15.6 Å². The number of nitrogens with zero attached hydrogens (tertiary/aromatic N) is 1. The van der Waals surface area contributed by atoms with Crippen molar-refractivity contribution in [2.75, 3.05) is 25.4 Å². The monoisotopic (exact) mass is 540 g/mol. The van der Waals surface area contributed by atoms with Crippen LogP contribution in [0.15, 0.2) is 64.6 Å². The first-order chi connectivity index (χ1) is 14.0. The molecule has 0 radical (unpaired) electrons. The first-order valence-corrected chi connectivity index (χ1v) is 11.5. The molecule has 3 aromatic rings. The Morgan fingerprint density at radius 3 is 2.60 bits per heavy atom. The van der Waals surface area contributed by atoms with Gasteiger partial charge in [-0.2, -0.15) is 0 Å². The molecule has 0 aliphatic carbocycles. The number of aliphatic imine (C=N–C) groups is 1. The van der Waals surface area contributed by atoms with Gasteiger partial charge in [-0.1, -0.05) is 30.3 Å². The molecule has 0 saturated heterocycles. The maximum atomic E-state index is 12.4. The van der Waals surface area contributed by atoms with Crippen LogP contribution in [0.2, 0.25) is 0 Å². The number of benzene rings is 2. The Kier molecular flexibility index (Phi) is 9.16. The fourth-order valence-electron chi connectivity index (χ4n) is 3.19. The number of hydrogen-bond acceptors (Lipinski definition) is 3. The van der Waals surface area contributed by atoms with Gasteiger partial charge in [0.1, 0.15) is 0 Å². The van der Waals surface area contributed by atoms with Crippen molar-refractivity contribution >= 4 is 50.7 Å². The van der Waals surface area contributed by atoms with Gasteiger partial charge >= 0.3 is 0 Å². The van der Waals surface area contributed by atoms with Crippen LogP contribution in [0.1, 0.15) is 18.1 Å². The van der Waals surface area contributed by atoms with Crippen molar-refractivity contribution < 1.29 is 8.42 Å². The first-order valence-electron chi connectivity index (χ1n) is 9.86. The zero-order valence-corrected chi connectivity index (χ0v) is 20.5. The second-order valence-electron chi connectivity index (χ2n) is 6.93. The van der Waals surface area contributed by atoms with Crippen molar-refractivity contribution in [3.8, 4) is 0 Å². The van der Waals surface area contributed by atoms with Crippen LogP contribution in [0, 0.1) is 6.92 Å². The predicted octanol–water partition coefficient (Wildman–Crippen LogP) is 3.67. The molecule has 0 aliphatic heterocycles. The molecule has 0 amide bonds. The molecule has 0 atom stereocenters. The summed E-state index contributed by atoms with van der Waals surface area (Å²) in [6, 6.07) is 14.9. The van der Waals surface area contributed by atoms with E-state index in [0.717, 1.165) is 11.9 Å². The van der Waals surface area contributed by atoms with E-state index in [-0.39, 0.29) is 36.3 Å². The van der Waals surface area contributed by atoms with Gasteiger partial charge in [-0.3, -0.25) is 4.99 Å². The van der Waals surface area contributed by atoms with Crippen LogP contribution >= 0.6 is 24.0 Å². The Hall–Kier alpha value is -2.07. The SMILES string of the molecule is CCNC(=NCCS(=O)(=O)c1ccccc1)NCCc1c[nH]c2cc(C)ccc12.I. The number of aromatic nitrogens is 1. The minimum atomic E-state index is -3.32. The minimum Gasteiger partial charge on any atom is -0.361 e. The lowest BCUT2D eigenvalue weighted by Crippen LogP contribution is -2.38. The van der Waals surface area contributed by atoms with E-state index in [1.807, 2.05) is 13.1 Å². The number of aromatic amines is 1. The largest absolute Gasteiger partial charge is 0.361 e. The quantitative estimate of drug-likeness (QED) is 0.231. The summed E-state index contributed by atoms with van der Waals surface area (Å²) in [5.41, 5.74) is 3.62. The molecule has 2 aromatic carbocycles. The van der Waals surface area contributed by atoms with Gasteiger partial charge in [-0.15, -0.1) is 24.0 Å². The molecule has 1 heterocycles. The average molecular weight is 540 g/mol. The van der Waals surface area contributed by atoms with Gasteiger partial charge in [-0.25, -0.2) is 8.42 Å². The maximum absolute atomic E-state index is 12.4. The fourth-order valence-corrected chi connectivity index (χ4v) is 4.33. The molecule has 0 unspecified atom stereocenters. The molecule has 6 nitrogen and oxygen atoms in total. The van der Waals surface area contributed by atoms with E-state index in [2.05, 4.69) is 45.7 Å². The van der Waals surface area contributed by atoms with Crippen LogP contribution in [0.4, 0.5) is 0 Å². The van der Waals surface area contributed by atoms with E-state index < -0.39 is 9.84 Å². The van der Waals surface area contributed by atoms with E-state index in [9.17, 15) is 8.42 Å². The molecular formula is C22H29IN4O2S. The number of sulfone groups is 1. The number of hydrogen-bond donors (Lipinski definition) is 3. The Morgan fingerprint density at radius 1 is 1.10 bits per heavy atom. The molecule has 3 rings (SSSR count). The molecule has 0 aliphatic rings. The maximum Gasteiger partial charge on any atom is 0.191 e. The van der Waals surface area contributed by atoms with E-state index in [4.69, 9.17) is 0 Å². The van der Waals surface area contributed by atoms with Gasteiger partial charge in [0, 0.05) is 30.2 Å². The first kappa shape index (κ1) is 24.2. The summed E-state index contributed by atoms with van der Waals surface area (Å²) in [6.07, 6.45) is 2.89. The van der Waals surface area contributed by atoms with Gasteiger partial charge in [0.15, 0.2) is 15.8 Å². The number of aryl methyl sites for hydroxylation is 1. The van der Waals surface area contributed by atoms with E-state index in [1.54, 1.807) is 30.3 Å². The molecule has 3 N–H and O–H groups in total. The number of fused-ring (bicyclic) bond motifs is 1. The van der Waals surface area contributed by atoms with Crippen LogP contribution in [-0.2, 0) is 16.3 Å². The summed E-state index contributed by atoms with van der Waals surface area (Å²) in [6.45, 7) is 5.69. The average Bonchev–Trinajstić information content (AvgIpc) is 3.10. The van der Waals surface area contributed by atoms with Crippen LogP contribution in [-0.4, -0.2) is 44.7 Å².